The monoisotopic (exact) mass is 443 g/mol. The van der Waals surface area contributed by atoms with Gasteiger partial charge in [0.15, 0.2) is 0 Å². The zero-order valence-corrected chi connectivity index (χ0v) is 19.2. The maximum Gasteiger partial charge on any atom is 0.337 e. The van der Waals surface area contributed by atoms with Crippen molar-refractivity contribution in [3.8, 4) is 17.5 Å². The summed E-state index contributed by atoms with van der Waals surface area (Å²) in [6.45, 7) is 5.78. The van der Waals surface area contributed by atoms with Gasteiger partial charge in [0.2, 0.25) is 0 Å². The van der Waals surface area contributed by atoms with Gasteiger partial charge in [-0.15, -0.1) is 0 Å². The number of methoxy groups -OCH3 is 2. The van der Waals surface area contributed by atoms with E-state index in [0.29, 0.717) is 17.0 Å². The molecule has 3 rings (SSSR count). The van der Waals surface area contributed by atoms with Crippen LogP contribution in [0.5, 0.6) is 5.75 Å². The van der Waals surface area contributed by atoms with Crippen LogP contribution >= 0.6 is 0 Å². The molecule has 0 aliphatic rings. The molecule has 0 unspecified atom stereocenters. The zero-order valence-electron chi connectivity index (χ0n) is 19.2. The summed E-state index contributed by atoms with van der Waals surface area (Å²) >= 11 is 0. The van der Waals surface area contributed by atoms with Crippen LogP contribution in [0.25, 0.3) is 11.8 Å². The summed E-state index contributed by atoms with van der Waals surface area (Å²) < 4.78 is 12.0. The first kappa shape index (κ1) is 23.4. The minimum Gasteiger partial charge on any atom is -0.497 e. The van der Waals surface area contributed by atoms with Crippen molar-refractivity contribution in [3.05, 3.63) is 82.2 Å². The van der Waals surface area contributed by atoms with Gasteiger partial charge in [0, 0.05) is 28.8 Å². The number of carbonyl (C=O) groups excluding carboxylic acids is 2. The van der Waals surface area contributed by atoms with E-state index in [2.05, 4.69) is 5.32 Å². The fourth-order valence-corrected chi connectivity index (χ4v) is 3.66. The Labute approximate surface area is 192 Å². The first-order valence-corrected chi connectivity index (χ1v) is 10.2. The Morgan fingerprint density at radius 1 is 1.06 bits per heavy atom. The van der Waals surface area contributed by atoms with Crippen LogP contribution < -0.4 is 10.1 Å². The average molecular weight is 444 g/mol. The Kier molecular flexibility index (Phi) is 6.99. The summed E-state index contributed by atoms with van der Waals surface area (Å²) in [5, 5.41) is 12.3. The van der Waals surface area contributed by atoms with Gasteiger partial charge in [0.05, 0.1) is 19.8 Å². The number of aromatic nitrogens is 1. The molecule has 7 nitrogen and oxygen atoms in total. The highest BCUT2D eigenvalue weighted by Crippen LogP contribution is 2.26. The van der Waals surface area contributed by atoms with E-state index in [4.69, 9.17) is 9.47 Å². The summed E-state index contributed by atoms with van der Waals surface area (Å²) in [5.74, 6) is -0.295. The maximum absolute atomic E-state index is 12.7. The molecule has 0 spiro atoms. The number of amides is 1. The highest BCUT2D eigenvalue weighted by Gasteiger charge is 2.16. The lowest BCUT2D eigenvalue weighted by Gasteiger charge is -2.14. The van der Waals surface area contributed by atoms with Crippen LogP contribution in [0.3, 0.4) is 0 Å². The summed E-state index contributed by atoms with van der Waals surface area (Å²) in [5.41, 5.74) is 5.33. The second-order valence-corrected chi connectivity index (χ2v) is 7.51. The molecule has 1 aromatic heterocycles. The Balaban J connectivity index is 1.94. The number of hydrogen-bond donors (Lipinski definition) is 1. The first-order valence-electron chi connectivity index (χ1n) is 10.2. The lowest BCUT2D eigenvalue weighted by molar-refractivity contribution is -0.112. The van der Waals surface area contributed by atoms with Crippen LogP contribution in [0.2, 0.25) is 0 Å². The van der Waals surface area contributed by atoms with Gasteiger partial charge in [0.25, 0.3) is 5.91 Å². The molecule has 0 fully saturated rings. The van der Waals surface area contributed by atoms with Gasteiger partial charge in [-0.05, 0) is 74.4 Å². The van der Waals surface area contributed by atoms with Gasteiger partial charge in [-0.25, -0.2) is 4.79 Å². The Morgan fingerprint density at radius 2 is 1.82 bits per heavy atom. The smallest absolute Gasteiger partial charge is 0.337 e. The zero-order chi connectivity index (χ0) is 24.1. The van der Waals surface area contributed by atoms with Gasteiger partial charge >= 0.3 is 5.97 Å². The largest absolute Gasteiger partial charge is 0.497 e. The molecule has 0 aliphatic carbocycles. The van der Waals surface area contributed by atoms with Gasteiger partial charge in [-0.3, -0.25) is 4.79 Å². The van der Waals surface area contributed by atoms with Crippen molar-refractivity contribution < 1.29 is 19.1 Å². The summed E-state index contributed by atoms with van der Waals surface area (Å²) in [6.07, 6.45) is 1.58. The number of aryl methyl sites for hydroxylation is 2. The first-order chi connectivity index (χ1) is 15.8. The third-order valence-electron chi connectivity index (χ3n) is 5.32. The van der Waals surface area contributed by atoms with Crippen LogP contribution in [0.15, 0.2) is 54.1 Å². The van der Waals surface area contributed by atoms with Crippen LogP contribution in [0.1, 0.15) is 32.9 Å². The number of anilines is 1. The van der Waals surface area contributed by atoms with Crippen molar-refractivity contribution in [1.29, 1.82) is 5.26 Å². The van der Waals surface area contributed by atoms with Crippen molar-refractivity contribution in [3.63, 3.8) is 0 Å². The molecule has 1 N–H and O–H groups in total. The van der Waals surface area contributed by atoms with E-state index in [1.807, 2.05) is 43.5 Å². The lowest BCUT2D eigenvalue weighted by Crippen LogP contribution is -2.13. The predicted molar refractivity (Wildman–Crippen MR) is 127 cm³/mol. The second kappa shape index (κ2) is 9.88. The van der Waals surface area contributed by atoms with E-state index in [-0.39, 0.29) is 5.57 Å². The predicted octanol–water partition coefficient (Wildman–Crippen LogP) is 4.74. The molecule has 1 amide bonds. The lowest BCUT2D eigenvalue weighted by atomic mass is 10.1. The van der Waals surface area contributed by atoms with Crippen molar-refractivity contribution in [2.24, 2.45) is 0 Å². The van der Waals surface area contributed by atoms with Crippen molar-refractivity contribution in [1.82, 2.24) is 4.57 Å². The number of rotatable bonds is 6. The van der Waals surface area contributed by atoms with E-state index < -0.39 is 11.9 Å². The van der Waals surface area contributed by atoms with E-state index in [1.165, 1.54) is 7.11 Å². The molecule has 0 saturated heterocycles. The molecular weight excluding hydrogens is 418 g/mol. The number of benzene rings is 2. The quantitative estimate of drug-likeness (QED) is 0.337. The average Bonchev–Trinajstić information content (AvgIpc) is 3.09. The number of ether oxygens (including phenoxy) is 2. The molecule has 7 heteroatoms. The molecule has 0 bridgehead atoms. The molecule has 33 heavy (non-hydrogen) atoms. The molecule has 0 atom stereocenters. The number of hydrogen-bond acceptors (Lipinski definition) is 5. The third-order valence-corrected chi connectivity index (χ3v) is 5.32. The van der Waals surface area contributed by atoms with Crippen LogP contribution in [-0.4, -0.2) is 30.7 Å². The summed E-state index contributed by atoms with van der Waals surface area (Å²) in [4.78, 5) is 24.5. The highest BCUT2D eigenvalue weighted by molar-refractivity contribution is 6.09. The fourth-order valence-electron chi connectivity index (χ4n) is 3.66. The summed E-state index contributed by atoms with van der Waals surface area (Å²) in [7, 11) is 2.89. The van der Waals surface area contributed by atoms with Crippen LogP contribution in [0.4, 0.5) is 5.69 Å². The van der Waals surface area contributed by atoms with Crippen LogP contribution in [0, 0.1) is 32.1 Å². The van der Waals surface area contributed by atoms with Gasteiger partial charge in [-0.2, -0.15) is 5.26 Å². The van der Waals surface area contributed by atoms with Crippen molar-refractivity contribution in [2.45, 2.75) is 20.8 Å². The van der Waals surface area contributed by atoms with Gasteiger partial charge in [-0.1, -0.05) is 6.07 Å². The van der Waals surface area contributed by atoms with Crippen LogP contribution in [-0.2, 0) is 9.53 Å². The number of nitrogens with one attached hydrogen (secondary N) is 1. The minimum absolute atomic E-state index is 0.0177. The fraction of sp³-hybridized carbons (Fsp3) is 0.192. The Hall–Kier alpha value is -4.31. The Morgan fingerprint density at radius 3 is 2.45 bits per heavy atom. The molecular formula is C26H25N3O4. The molecule has 3 aromatic rings. The SMILES string of the molecule is COC(=O)c1ccc(-n2c(C)cc(/C=C(\C#N)C(=O)Nc3cccc(OC)c3)c2C)c(C)c1. The highest BCUT2D eigenvalue weighted by atomic mass is 16.5. The molecule has 1 heterocycles. The van der Waals surface area contributed by atoms with E-state index in [1.54, 1.807) is 49.6 Å². The molecule has 168 valence electrons. The van der Waals surface area contributed by atoms with Crippen molar-refractivity contribution in [2.75, 3.05) is 19.5 Å². The Bertz CT molecular complexity index is 1300. The number of carbonyl (C=O) groups is 2. The topological polar surface area (TPSA) is 93.4 Å². The van der Waals surface area contributed by atoms with Gasteiger partial charge in [0.1, 0.15) is 17.4 Å². The molecule has 0 aliphatic heterocycles. The van der Waals surface area contributed by atoms with E-state index >= 15 is 0 Å². The molecule has 0 radical (unpaired) electrons. The van der Waals surface area contributed by atoms with E-state index in [9.17, 15) is 14.9 Å². The molecule has 2 aromatic carbocycles. The number of nitriles is 1. The second-order valence-electron chi connectivity index (χ2n) is 7.51. The number of esters is 1. The standard InChI is InChI=1S/C26H25N3O4/c1-16-11-19(26(31)33-5)9-10-24(16)29-17(2)12-20(18(29)3)13-21(15-27)25(30)28-22-7-6-8-23(14-22)32-4/h6-14H,1-5H3,(H,28,30)/b21-13+. The number of nitrogens with zero attached hydrogens (tertiary/aromatic N) is 2. The summed E-state index contributed by atoms with van der Waals surface area (Å²) in [6, 6.07) is 16.2. The third kappa shape index (κ3) is 4.96. The molecule has 0 saturated carbocycles. The van der Waals surface area contributed by atoms with E-state index in [0.717, 1.165) is 28.2 Å². The minimum atomic E-state index is -0.505. The maximum atomic E-state index is 12.7. The van der Waals surface area contributed by atoms with Crippen molar-refractivity contribution >= 4 is 23.6 Å². The normalized spacial score (nSPS) is 11.0. The van der Waals surface area contributed by atoms with Gasteiger partial charge < -0.3 is 19.4 Å².